The number of nitrogens with one attached hydrogen (secondary N) is 2. The van der Waals surface area contributed by atoms with E-state index in [4.69, 9.17) is 0 Å². The third-order valence-corrected chi connectivity index (χ3v) is 5.77. The Morgan fingerprint density at radius 2 is 2.04 bits per heavy atom. The molecule has 1 aliphatic heterocycles. The lowest BCUT2D eigenvalue weighted by Gasteiger charge is -2.33. The molecule has 1 heterocycles. The van der Waals surface area contributed by atoms with E-state index >= 15 is 0 Å². The van der Waals surface area contributed by atoms with Crippen molar-refractivity contribution in [2.24, 2.45) is 10.9 Å². The molecule has 0 aromatic heterocycles. The fourth-order valence-corrected chi connectivity index (χ4v) is 3.97. The van der Waals surface area contributed by atoms with Crippen molar-refractivity contribution in [2.75, 3.05) is 32.7 Å². The number of piperidine rings is 1. The largest absolute Gasteiger partial charge is 0.357 e. The van der Waals surface area contributed by atoms with E-state index in [1.165, 1.54) is 12.8 Å². The molecule has 1 aliphatic rings. The second-order valence-electron chi connectivity index (χ2n) is 6.64. The number of aliphatic imine (C=N–C) groups is 1. The second kappa shape index (κ2) is 9.20. The fraction of sp³-hybridized carbons (Fsp3) is 0.611. The van der Waals surface area contributed by atoms with E-state index in [0.29, 0.717) is 17.4 Å². The molecule has 2 rings (SSSR count). The highest BCUT2D eigenvalue weighted by atomic mass is 32.2. The average Bonchev–Trinajstić information content (AvgIpc) is 2.58. The van der Waals surface area contributed by atoms with Crippen LogP contribution >= 0.6 is 0 Å². The number of likely N-dealkylation sites (tertiary alicyclic amines) is 1. The van der Waals surface area contributed by atoms with Gasteiger partial charge in [-0.25, -0.2) is 13.1 Å². The molecule has 25 heavy (non-hydrogen) atoms. The number of hydrogen-bond acceptors (Lipinski definition) is 3. The summed E-state index contributed by atoms with van der Waals surface area (Å²) < 4.78 is 27.2. The molecule has 1 aromatic carbocycles. The highest BCUT2D eigenvalue weighted by molar-refractivity contribution is 7.89. The molecule has 0 amide bonds. The summed E-state index contributed by atoms with van der Waals surface area (Å²) in [6, 6.07) is 6.85. The van der Waals surface area contributed by atoms with Gasteiger partial charge < -0.3 is 10.2 Å². The third-order valence-electron chi connectivity index (χ3n) is 4.29. The summed E-state index contributed by atoms with van der Waals surface area (Å²) in [5, 5.41) is 3.31. The van der Waals surface area contributed by atoms with E-state index in [1.54, 1.807) is 24.3 Å². The maximum absolute atomic E-state index is 12.3. The van der Waals surface area contributed by atoms with Gasteiger partial charge in [0.05, 0.1) is 11.4 Å². The topological polar surface area (TPSA) is 73.8 Å². The number of nitrogens with zero attached hydrogens (tertiary/aromatic N) is 2. The molecule has 1 aromatic rings. The van der Waals surface area contributed by atoms with E-state index in [1.807, 2.05) is 13.8 Å². The van der Waals surface area contributed by atoms with E-state index in [-0.39, 0.29) is 6.54 Å². The second-order valence-corrected chi connectivity index (χ2v) is 8.41. The van der Waals surface area contributed by atoms with Crippen LogP contribution in [0.2, 0.25) is 0 Å². The summed E-state index contributed by atoms with van der Waals surface area (Å²) in [6.45, 7) is 9.74. The summed E-state index contributed by atoms with van der Waals surface area (Å²) >= 11 is 0. The molecule has 0 radical (unpaired) electrons. The van der Waals surface area contributed by atoms with Gasteiger partial charge in [-0.2, -0.15) is 0 Å². The van der Waals surface area contributed by atoms with Crippen molar-refractivity contribution in [3.8, 4) is 0 Å². The first-order valence-electron chi connectivity index (χ1n) is 9.02. The SMILES string of the molecule is CCNC(=NCCNS(=O)(=O)c1ccc(C)cc1)N1CCCC(C)C1. The Bertz CT molecular complexity index is 671. The van der Waals surface area contributed by atoms with Crippen molar-refractivity contribution in [2.45, 2.75) is 38.5 Å². The minimum Gasteiger partial charge on any atom is -0.357 e. The molecule has 0 aliphatic carbocycles. The Labute approximate surface area is 151 Å². The summed E-state index contributed by atoms with van der Waals surface area (Å²) in [6.07, 6.45) is 2.43. The molecule has 6 nitrogen and oxygen atoms in total. The first-order chi connectivity index (χ1) is 11.9. The Morgan fingerprint density at radius 3 is 2.68 bits per heavy atom. The van der Waals surface area contributed by atoms with Crippen LogP contribution in [0.5, 0.6) is 0 Å². The lowest BCUT2D eigenvalue weighted by atomic mass is 10.0. The first kappa shape index (κ1) is 19.7. The fourth-order valence-electron chi connectivity index (χ4n) is 2.95. The molecule has 1 unspecified atom stereocenters. The van der Waals surface area contributed by atoms with Crippen LogP contribution in [0, 0.1) is 12.8 Å². The molecule has 2 N–H and O–H groups in total. The van der Waals surface area contributed by atoms with Gasteiger partial charge in [-0.15, -0.1) is 0 Å². The molecular weight excluding hydrogens is 336 g/mol. The maximum atomic E-state index is 12.3. The summed E-state index contributed by atoms with van der Waals surface area (Å²) in [5.41, 5.74) is 1.04. The van der Waals surface area contributed by atoms with Gasteiger partial charge in [0, 0.05) is 26.2 Å². The Hall–Kier alpha value is -1.60. The van der Waals surface area contributed by atoms with Crippen LogP contribution in [0.3, 0.4) is 0 Å². The zero-order valence-electron chi connectivity index (χ0n) is 15.5. The lowest BCUT2D eigenvalue weighted by molar-refractivity contribution is 0.266. The van der Waals surface area contributed by atoms with Crippen molar-refractivity contribution in [3.05, 3.63) is 29.8 Å². The number of rotatable bonds is 6. The van der Waals surface area contributed by atoms with Crippen LogP contribution in [0.25, 0.3) is 0 Å². The zero-order chi connectivity index (χ0) is 18.3. The molecule has 1 saturated heterocycles. The van der Waals surface area contributed by atoms with Gasteiger partial charge in [0.25, 0.3) is 0 Å². The number of sulfonamides is 1. The summed E-state index contributed by atoms with van der Waals surface area (Å²) in [7, 11) is -3.47. The van der Waals surface area contributed by atoms with Gasteiger partial charge in [-0.3, -0.25) is 4.99 Å². The molecule has 0 saturated carbocycles. The van der Waals surface area contributed by atoms with E-state index < -0.39 is 10.0 Å². The summed E-state index contributed by atoms with van der Waals surface area (Å²) in [4.78, 5) is 7.15. The van der Waals surface area contributed by atoms with Crippen molar-refractivity contribution in [1.82, 2.24) is 14.9 Å². The van der Waals surface area contributed by atoms with Crippen molar-refractivity contribution < 1.29 is 8.42 Å². The smallest absolute Gasteiger partial charge is 0.240 e. The van der Waals surface area contributed by atoms with Gasteiger partial charge in [0.1, 0.15) is 0 Å². The van der Waals surface area contributed by atoms with E-state index in [2.05, 4.69) is 26.9 Å². The first-order valence-corrected chi connectivity index (χ1v) is 10.5. The van der Waals surface area contributed by atoms with Crippen LogP contribution in [-0.4, -0.2) is 52.0 Å². The summed E-state index contributed by atoms with van der Waals surface area (Å²) in [5.74, 6) is 1.54. The molecule has 0 spiro atoms. The van der Waals surface area contributed by atoms with Crippen LogP contribution in [0.15, 0.2) is 34.2 Å². The number of hydrogen-bond donors (Lipinski definition) is 2. The monoisotopic (exact) mass is 366 g/mol. The Balaban J connectivity index is 1.91. The molecule has 140 valence electrons. The van der Waals surface area contributed by atoms with Crippen LogP contribution < -0.4 is 10.0 Å². The quantitative estimate of drug-likeness (QED) is 0.459. The minimum absolute atomic E-state index is 0.286. The van der Waals surface area contributed by atoms with E-state index in [0.717, 1.165) is 31.2 Å². The molecule has 1 fully saturated rings. The molecule has 1 atom stereocenters. The molecule has 0 bridgehead atoms. The van der Waals surface area contributed by atoms with E-state index in [9.17, 15) is 8.42 Å². The van der Waals surface area contributed by atoms with Crippen LogP contribution in [-0.2, 0) is 10.0 Å². The van der Waals surface area contributed by atoms with Gasteiger partial charge in [-0.1, -0.05) is 24.6 Å². The predicted octanol–water partition coefficient (Wildman–Crippen LogP) is 1.97. The Morgan fingerprint density at radius 1 is 1.32 bits per heavy atom. The van der Waals surface area contributed by atoms with Gasteiger partial charge in [0.2, 0.25) is 10.0 Å². The third kappa shape index (κ3) is 6.01. The lowest BCUT2D eigenvalue weighted by Crippen LogP contribution is -2.46. The molecular formula is C18H30N4O2S. The highest BCUT2D eigenvalue weighted by Gasteiger charge is 2.19. The van der Waals surface area contributed by atoms with Crippen molar-refractivity contribution in [3.63, 3.8) is 0 Å². The van der Waals surface area contributed by atoms with Crippen molar-refractivity contribution in [1.29, 1.82) is 0 Å². The average molecular weight is 367 g/mol. The normalized spacial score (nSPS) is 19.1. The highest BCUT2D eigenvalue weighted by Crippen LogP contribution is 2.15. The Kier molecular flexibility index (Phi) is 7.25. The standard InChI is InChI=1S/C18H30N4O2S/c1-4-19-18(22-13-5-6-16(3)14-22)20-11-12-21-25(23,24)17-9-7-15(2)8-10-17/h7-10,16,21H,4-6,11-14H2,1-3H3,(H,19,20). The number of benzene rings is 1. The minimum atomic E-state index is -3.47. The van der Waals surface area contributed by atoms with Crippen LogP contribution in [0.1, 0.15) is 32.3 Å². The predicted molar refractivity (Wildman–Crippen MR) is 102 cm³/mol. The van der Waals surface area contributed by atoms with Gasteiger partial charge >= 0.3 is 0 Å². The maximum Gasteiger partial charge on any atom is 0.240 e. The van der Waals surface area contributed by atoms with Gasteiger partial charge in [-0.05, 0) is 44.7 Å². The zero-order valence-corrected chi connectivity index (χ0v) is 16.3. The number of aryl methyl sites for hydroxylation is 1. The molecule has 7 heteroatoms. The van der Waals surface area contributed by atoms with Crippen molar-refractivity contribution >= 4 is 16.0 Å². The van der Waals surface area contributed by atoms with Gasteiger partial charge in [0.15, 0.2) is 5.96 Å². The van der Waals surface area contributed by atoms with Crippen LogP contribution in [0.4, 0.5) is 0 Å². The number of guanidine groups is 1.